The van der Waals surface area contributed by atoms with Gasteiger partial charge in [-0.25, -0.2) is 9.98 Å². The summed E-state index contributed by atoms with van der Waals surface area (Å²) in [7, 11) is 0. The minimum atomic E-state index is -0.524. The van der Waals surface area contributed by atoms with Crippen LogP contribution in [0.4, 0.5) is 10.8 Å². The van der Waals surface area contributed by atoms with Crippen LogP contribution in [-0.4, -0.2) is 60.4 Å². The second-order valence-electron chi connectivity index (χ2n) is 8.19. The molecule has 2 aliphatic heterocycles. The Kier molecular flexibility index (Phi) is 7.81. The van der Waals surface area contributed by atoms with Gasteiger partial charge in [0.1, 0.15) is 10.7 Å². The maximum absolute atomic E-state index is 11.7. The Morgan fingerprint density at radius 2 is 2.26 bits per heavy atom. The predicted octanol–water partition coefficient (Wildman–Crippen LogP) is 2.79. The highest BCUT2D eigenvalue weighted by Gasteiger charge is 2.23. The number of aromatic nitrogens is 1. The molecule has 2 aliphatic rings. The van der Waals surface area contributed by atoms with Gasteiger partial charge in [0.2, 0.25) is 11.0 Å². The fourth-order valence-electron chi connectivity index (χ4n) is 4.00. The first-order valence-corrected chi connectivity index (χ1v) is 12.4. The van der Waals surface area contributed by atoms with Crippen molar-refractivity contribution in [3.05, 3.63) is 51.6 Å². The van der Waals surface area contributed by atoms with Crippen molar-refractivity contribution in [1.82, 2.24) is 20.5 Å². The van der Waals surface area contributed by atoms with Gasteiger partial charge in [0, 0.05) is 37.8 Å². The number of benzene rings is 1. The molecule has 0 atom stereocenters. The van der Waals surface area contributed by atoms with Crippen LogP contribution in [0.2, 0.25) is 5.02 Å². The third kappa shape index (κ3) is 5.75. The summed E-state index contributed by atoms with van der Waals surface area (Å²) >= 11 is 7.68. The number of nitrogens with zero attached hydrogens (tertiary/aromatic N) is 4. The molecule has 2 amide bonds. The van der Waals surface area contributed by atoms with Gasteiger partial charge in [-0.2, -0.15) is 0 Å². The Hall–Kier alpha value is -2.95. The summed E-state index contributed by atoms with van der Waals surface area (Å²) in [4.78, 5) is 36.4. The summed E-state index contributed by atoms with van der Waals surface area (Å²) in [5.74, 6) is 0.401. The van der Waals surface area contributed by atoms with Crippen LogP contribution in [0.5, 0.6) is 0 Å². The number of rotatable bonds is 9. The number of amidine groups is 1. The van der Waals surface area contributed by atoms with Crippen LogP contribution in [0.3, 0.4) is 0 Å². The van der Waals surface area contributed by atoms with Crippen molar-refractivity contribution < 1.29 is 9.59 Å². The first-order chi connectivity index (χ1) is 16.4. The summed E-state index contributed by atoms with van der Waals surface area (Å²) in [6.07, 6.45) is 5.94. The molecule has 4 rings (SSSR count). The number of aryl methyl sites for hydroxylation is 1. The van der Waals surface area contributed by atoms with E-state index in [2.05, 4.69) is 15.6 Å². The lowest BCUT2D eigenvalue weighted by atomic mass is 10.1. The van der Waals surface area contributed by atoms with Crippen LogP contribution in [0.1, 0.15) is 34.5 Å². The predicted molar refractivity (Wildman–Crippen MR) is 136 cm³/mol. The standard InChI is InChI=1S/C23H28ClN7O2S/c1-15-5-2-6-17(24)21(15)31-14-28-16(12-26-8-4-10-30-9-3-7-20(30)32)11-19(31)29-23-27-13-18(34-23)22(25)33/h2,5-6,11,13,26,28H,3-4,7-10,12,14H2,1H3,(H2,25,33). The zero-order chi connectivity index (χ0) is 24.1. The maximum atomic E-state index is 11.7. The molecule has 0 bridgehead atoms. The van der Waals surface area contributed by atoms with Gasteiger partial charge in [0.05, 0.1) is 23.6 Å². The summed E-state index contributed by atoms with van der Waals surface area (Å²) in [6.45, 7) is 5.57. The molecule has 0 aliphatic carbocycles. The largest absolute Gasteiger partial charge is 0.370 e. The molecule has 3 heterocycles. The lowest BCUT2D eigenvalue weighted by Crippen LogP contribution is -2.45. The number of carbonyl (C=O) groups excluding carboxylic acids is 2. The van der Waals surface area contributed by atoms with Gasteiger partial charge >= 0.3 is 0 Å². The highest BCUT2D eigenvalue weighted by Crippen LogP contribution is 2.32. The van der Waals surface area contributed by atoms with Crippen LogP contribution in [0.15, 0.2) is 41.2 Å². The van der Waals surface area contributed by atoms with Crippen molar-refractivity contribution in [2.45, 2.75) is 26.2 Å². The summed E-state index contributed by atoms with van der Waals surface area (Å²) in [5, 5.41) is 7.93. The van der Waals surface area contributed by atoms with E-state index in [-0.39, 0.29) is 5.91 Å². The number of hydrogen-bond acceptors (Lipinski definition) is 7. The Labute approximate surface area is 207 Å². The Balaban J connectivity index is 1.48. The van der Waals surface area contributed by atoms with Crippen LogP contribution < -0.4 is 21.3 Å². The average molecular weight is 502 g/mol. The van der Waals surface area contributed by atoms with E-state index in [0.717, 1.165) is 60.8 Å². The number of nitrogens with two attached hydrogens (primary N) is 1. The number of primary amides is 1. The minimum absolute atomic E-state index is 0.258. The van der Waals surface area contributed by atoms with Crippen molar-refractivity contribution in [1.29, 1.82) is 0 Å². The number of likely N-dealkylation sites (tertiary alicyclic amines) is 1. The number of para-hydroxylation sites is 1. The van der Waals surface area contributed by atoms with E-state index in [1.54, 1.807) is 0 Å². The number of hydrogen-bond donors (Lipinski definition) is 3. The van der Waals surface area contributed by atoms with Gasteiger partial charge in [-0.1, -0.05) is 35.1 Å². The number of halogens is 1. The molecule has 4 N–H and O–H groups in total. The van der Waals surface area contributed by atoms with Crippen molar-refractivity contribution in [3.8, 4) is 0 Å². The van der Waals surface area contributed by atoms with Crippen molar-refractivity contribution in [3.63, 3.8) is 0 Å². The molecule has 180 valence electrons. The van der Waals surface area contributed by atoms with Gasteiger partial charge in [-0.05, 0) is 37.9 Å². The Bertz CT molecular complexity index is 1110. The van der Waals surface area contributed by atoms with Crippen LogP contribution >= 0.6 is 22.9 Å². The fourth-order valence-corrected chi connectivity index (χ4v) is 4.97. The molecule has 1 aromatic carbocycles. The zero-order valence-electron chi connectivity index (χ0n) is 19.0. The van der Waals surface area contributed by atoms with E-state index >= 15 is 0 Å². The highest BCUT2D eigenvalue weighted by molar-refractivity contribution is 7.17. The van der Waals surface area contributed by atoms with Crippen molar-refractivity contribution >= 4 is 51.4 Å². The number of nitrogens with one attached hydrogen (secondary N) is 2. The lowest BCUT2D eigenvalue weighted by molar-refractivity contribution is -0.127. The fraction of sp³-hybridized carbons (Fsp3) is 0.391. The van der Waals surface area contributed by atoms with Gasteiger partial charge in [-0.15, -0.1) is 0 Å². The van der Waals surface area contributed by atoms with E-state index in [9.17, 15) is 9.59 Å². The molecule has 0 spiro atoms. The molecule has 34 heavy (non-hydrogen) atoms. The Morgan fingerprint density at radius 3 is 2.97 bits per heavy atom. The molecule has 0 radical (unpaired) electrons. The monoisotopic (exact) mass is 501 g/mol. The quantitative estimate of drug-likeness (QED) is 0.455. The summed E-state index contributed by atoms with van der Waals surface area (Å²) in [6, 6.07) is 5.76. The van der Waals surface area contributed by atoms with Gasteiger partial charge < -0.3 is 26.2 Å². The summed E-state index contributed by atoms with van der Waals surface area (Å²) in [5.41, 5.74) is 8.23. The molecule has 9 nitrogen and oxygen atoms in total. The van der Waals surface area contributed by atoms with Crippen molar-refractivity contribution in [2.24, 2.45) is 10.7 Å². The minimum Gasteiger partial charge on any atom is -0.370 e. The number of anilines is 1. The number of aliphatic imine (C=N–C) groups is 1. The van der Waals surface area contributed by atoms with Crippen molar-refractivity contribution in [2.75, 3.05) is 37.7 Å². The number of thiazole rings is 1. The second kappa shape index (κ2) is 11.0. The van der Waals surface area contributed by atoms with E-state index in [1.807, 2.05) is 41.0 Å². The molecule has 0 unspecified atom stereocenters. The number of carbonyl (C=O) groups is 2. The first-order valence-electron chi connectivity index (χ1n) is 11.2. The topological polar surface area (TPSA) is 116 Å². The van der Waals surface area contributed by atoms with Gasteiger partial charge in [-0.3, -0.25) is 9.59 Å². The van der Waals surface area contributed by atoms with Gasteiger partial charge in [0.25, 0.3) is 5.91 Å². The highest BCUT2D eigenvalue weighted by atomic mass is 35.5. The summed E-state index contributed by atoms with van der Waals surface area (Å²) < 4.78 is 0. The van der Waals surface area contributed by atoms with E-state index in [4.69, 9.17) is 22.3 Å². The van der Waals surface area contributed by atoms with E-state index in [1.165, 1.54) is 6.20 Å². The lowest BCUT2D eigenvalue weighted by Gasteiger charge is -2.32. The zero-order valence-corrected chi connectivity index (χ0v) is 20.6. The third-order valence-corrected chi connectivity index (χ3v) is 6.93. The molecule has 1 aromatic heterocycles. The molecular formula is C23H28ClN7O2S. The van der Waals surface area contributed by atoms with Crippen LogP contribution in [0.25, 0.3) is 0 Å². The molecule has 1 fully saturated rings. The maximum Gasteiger partial charge on any atom is 0.260 e. The van der Waals surface area contributed by atoms with Gasteiger partial charge in [0.15, 0.2) is 0 Å². The normalized spacial score (nSPS) is 17.3. The molecule has 1 saturated heterocycles. The SMILES string of the molecule is Cc1cccc(Cl)c1N1CNC(CNCCCN2CCCC2=O)=CC1=Nc1ncc(C(N)=O)s1. The molecule has 0 saturated carbocycles. The molecule has 2 aromatic rings. The average Bonchev–Trinajstić information content (AvgIpc) is 3.44. The Morgan fingerprint density at radius 1 is 1.41 bits per heavy atom. The first kappa shape index (κ1) is 24.2. The van der Waals surface area contributed by atoms with Crippen LogP contribution in [0, 0.1) is 6.92 Å². The number of amides is 2. The van der Waals surface area contributed by atoms with E-state index < -0.39 is 5.91 Å². The molecule has 11 heteroatoms. The van der Waals surface area contributed by atoms with E-state index in [0.29, 0.717) is 40.5 Å². The third-order valence-electron chi connectivity index (χ3n) is 5.72. The molecular weight excluding hydrogens is 474 g/mol. The van der Waals surface area contributed by atoms with Crippen LogP contribution in [-0.2, 0) is 4.79 Å². The second-order valence-corrected chi connectivity index (χ2v) is 9.61. The smallest absolute Gasteiger partial charge is 0.260 e.